The Morgan fingerprint density at radius 1 is 1.50 bits per heavy atom. The molecule has 0 aromatic heterocycles. The van der Waals surface area contributed by atoms with Crippen molar-refractivity contribution in [3.8, 4) is 0 Å². The minimum absolute atomic E-state index is 0.787. The lowest BCUT2D eigenvalue weighted by molar-refractivity contribution is 1.32. The van der Waals surface area contributed by atoms with Gasteiger partial charge in [-0.25, -0.2) is 0 Å². The van der Waals surface area contributed by atoms with Crippen LogP contribution in [-0.4, -0.2) is 0 Å². The molecule has 0 saturated carbocycles. The number of aryl methyl sites for hydroxylation is 1. The summed E-state index contributed by atoms with van der Waals surface area (Å²) in [6.07, 6.45) is 0. The third-order valence-electron chi connectivity index (χ3n) is 1.85. The van der Waals surface area contributed by atoms with Gasteiger partial charge in [0.25, 0.3) is 0 Å². The van der Waals surface area contributed by atoms with E-state index in [0.717, 1.165) is 10.7 Å². The number of nitrogens with one attached hydrogen (secondary N) is 1. The highest BCUT2D eigenvalue weighted by molar-refractivity contribution is 7.98. The lowest BCUT2D eigenvalue weighted by Gasteiger charge is -2.02. The quantitative estimate of drug-likeness (QED) is 0.641. The molecule has 0 radical (unpaired) electrons. The van der Waals surface area contributed by atoms with E-state index >= 15 is 0 Å². The topological polar surface area (TPSA) is 12.0 Å². The number of fused-ring (bicyclic) bond motifs is 1. The van der Waals surface area contributed by atoms with E-state index in [1.807, 2.05) is 19.1 Å². The fraction of sp³-hybridized carbons (Fsp3) is 0.111. The Bertz CT molecular complexity index is 360. The fourth-order valence-electron chi connectivity index (χ4n) is 1.35. The Hall–Kier alpha value is -0.600. The molecule has 3 heteroatoms. The van der Waals surface area contributed by atoms with Crippen LogP contribution < -0.4 is 4.72 Å². The van der Waals surface area contributed by atoms with Crippen LogP contribution in [0.3, 0.4) is 0 Å². The van der Waals surface area contributed by atoms with E-state index < -0.39 is 0 Å². The number of hydrogen-bond acceptors (Lipinski definition) is 2. The maximum absolute atomic E-state index is 5.91. The maximum atomic E-state index is 5.91. The van der Waals surface area contributed by atoms with Crippen LogP contribution in [0.15, 0.2) is 23.6 Å². The Kier molecular flexibility index (Phi) is 1.81. The lowest BCUT2D eigenvalue weighted by atomic mass is 10.1. The van der Waals surface area contributed by atoms with Gasteiger partial charge in [-0.05, 0) is 36.6 Å². The minimum atomic E-state index is 0.787. The fourth-order valence-corrected chi connectivity index (χ4v) is 2.59. The van der Waals surface area contributed by atoms with Crippen LogP contribution in [0.2, 0.25) is 5.02 Å². The molecule has 1 N–H and O–H groups in total. The second kappa shape index (κ2) is 2.71. The SMILES string of the molecule is C=C1NSc2cc(Cl)cc(C)c21. The van der Waals surface area contributed by atoms with E-state index in [4.69, 9.17) is 11.6 Å². The first kappa shape index (κ1) is 8.02. The molecule has 0 spiro atoms. The molecule has 1 aliphatic heterocycles. The van der Waals surface area contributed by atoms with Crippen molar-refractivity contribution >= 4 is 29.2 Å². The zero-order valence-corrected chi connectivity index (χ0v) is 8.22. The molecule has 0 amide bonds. The van der Waals surface area contributed by atoms with Gasteiger partial charge in [0.2, 0.25) is 0 Å². The van der Waals surface area contributed by atoms with Crippen molar-refractivity contribution in [2.24, 2.45) is 0 Å². The summed E-state index contributed by atoms with van der Waals surface area (Å²) in [7, 11) is 0. The molecule has 1 aromatic carbocycles. The Morgan fingerprint density at radius 2 is 2.25 bits per heavy atom. The monoisotopic (exact) mass is 197 g/mol. The highest BCUT2D eigenvalue weighted by Gasteiger charge is 2.17. The number of halogens is 1. The summed E-state index contributed by atoms with van der Waals surface area (Å²) < 4.78 is 3.12. The molecule has 1 heterocycles. The summed E-state index contributed by atoms with van der Waals surface area (Å²) >= 11 is 7.48. The van der Waals surface area contributed by atoms with Crippen molar-refractivity contribution in [3.05, 3.63) is 34.9 Å². The smallest absolute Gasteiger partial charge is 0.0458 e. The molecule has 0 aliphatic carbocycles. The largest absolute Gasteiger partial charge is 0.326 e. The van der Waals surface area contributed by atoms with Crippen molar-refractivity contribution in [1.29, 1.82) is 0 Å². The van der Waals surface area contributed by atoms with Gasteiger partial charge >= 0.3 is 0 Å². The van der Waals surface area contributed by atoms with Crippen molar-refractivity contribution in [1.82, 2.24) is 4.72 Å². The molecule has 0 atom stereocenters. The molecular formula is C9H8ClNS. The maximum Gasteiger partial charge on any atom is 0.0458 e. The first-order valence-electron chi connectivity index (χ1n) is 3.61. The van der Waals surface area contributed by atoms with Gasteiger partial charge in [0.1, 0.15) is 0 Å². The predicted octanol–water partition coefficient (Wildman–Crippen LogP) is 3.23. The van der Waals surface area contributed by atoms with Crippen molar-refractivity contribution in [2.75, 3.05) is 0 Å². The van der Waals surface area contributed by atoms with Crippen LogP contribution in [0.1, 0.15) is 11.1 Å². The van der Waals surface area contributed by atoms with E-state index in [-0.39, 0.29) is 0 Å². The molecular weight excluding hydrogens is 190 g/mol. The zero-order valence-electron chi connectivity index (χ0n) is 6.65. The predicted molar refractivity (Wildman–Crippen MR) is 54.2 cm³/mol. The number of benzene rings is 1. The van der Waals surface area contributed by atoms with Crippen molar-refractivity contribution in [3.63, 3.8) is 0 Å². The summed E-state index contributed by atoms with van der Waals surface area (Å²) in [6.45, 7) is 5.96. The van der Waals surface area contributed by atoms with Gasteiger partial charge in [-0.2, -0.15) is 0 Å². The van der Waals surface area contributed by atoms with Crippen LogP contribution in [0.25, 0.3) is 5.70 Å². The summed E-state index contributed by atoms with van der Waals surface area (Å²) in [6, 6.07) is 3.92. The first-order chi connectivity index (χ1) is 5.68. The molecule has 1 aromatic rings. The van der Waals surface area contributed by atoms with E-state index in [2.05, 4.69) is 11.3 Å². The molecule has 1 nitrogen and oxygen atoms in total. The normalized spacial score (nSPS) is 14.3. The first-order valence-corrected chi connectivity index (χ1v) is 4.80. The molecule has 0 fully saturated rings. The van der Waals surface area contributed by atoms with Gasteiger partial charge in [0.15, 0.2) is 0 Å². The summed E-state index contributed by atoms with van der Waals surface area (Å²) in [5.74, 6) is 0. The van der Waals surface area contributed by atoms with Crippen LogP contribution in [0.5, 0.6) is 0 Å². The highest BCUT2D eigenvalue weighted by atomic mass is 35.5. The average Bonchev–Trinajstić information content (AvgIpc) is 2.31. The molecule has 0 unspecified atom stereocenters. The molecule has 0 saturated heterocycles. The van der Waals surface area contributed by atoms with Crippen LogP contribution in [-0.2, 0) is 0 Å². The second-order valence-corrected chi connectivity index (χ2v) is 4.06. The lowest BCUT2D eigenvalue weighted by Crippen LogP contribution is -1.91. The highest BCUT2D eigenvalue weighted by Crippen LogP contribution is 2.37. The minimum Gasteiger partial charge on any atom is -0.326 e. The van der Waals surface area contributed by atoms with E-state index in [0.29, 0.717) is 0 Å². The Balaban J connectivity index is 2.68. The van der Waals surface area contributed by atoms with Crippen LogP contribution in [0.4, 0.5) is 0 Å². The van der Waals surface area contributed by atoms with Crippen LogP contribution in [0, 0.1) is 6.92 Å². The standard InChI is InChI=1S/C9H8ClNS/c1-5-3-7(10)4-8-9(5)6(2)11-12-8/h3-4,11H,2H2,1H3. The van der Waals surface area contributed by atoms with Gasteiger partial charge in [0, 0.05) is 21.2 Å². The van der Waals surface area contributed by atoms with Gasteiger partial charge in [-0.15, -0.1) is 0 Å². The summed E-state index contributed by atoms with van der Waals surface area (Å²) in [5, 5.41) is 0.787. The third kappa shape index (κ3) is 1.11. The van der Waals surface area contributed by atoms with E-state index in [9.17, 15) is 0 Å². The molecule has 62 valence electrons. The van der Waals surface area contributed by atoms with Gasteiger partial charge < -0.3 is 4.72 Å². The van der Waals surface area contributed by atoms with Crippen LogP contribution >= 0.6 is 23.5 Å². The Morgan fingerprint density at radius 3 is 3.00 bits per heavy atom. The van der Waals surface area contributed by atoms with E-state index in [1.54, 1.807) is 11.9 Å². The summed E-state index contributed by atoms with van der Waals surface area (Å²) in [4.78, 5) is 1.17. The number of rotatable bonds is 0. The zero-order chi connectivity index (χ0) is 8.72. The average molecular weight is 198 g/mol. The summed E-state index contributed by atoms with van der Waals surface area (Å²) in [5.41, 5.74) is 3.36. The third-order valence-corrected chi connectivity index (χ3v) is 2.96. The molecule has 1 aliphatic rings. The van der Waals surface area contributed by atoms with E-state index in [1.165, 1.54) is 16.0 Å². The van der Waals surface area contributed by atoms with Crippen molar-refractivity contribution in [2.45, 2.75) is 11.8 Å². The van der Waals surface area contributed by atoms with Gasteiger partial charge in [-0.3, -0.25) is 0 Å². The molecule has 2 rings (SSSR count). The van der Waals surface area contributed by atoms with Gasteiger partial charge in [0.05, 0.1) is 0 Å². The molecule has 0 bridgehead atoms. The number of hydrogen-bond donors (Lipinski definition) is 1. The molecule has 12 heavy (non-hydrogen) atoms. The Labute approximate surface area is 80.9 Å². The van der Waals surface area contributed by atoms with Gasteiger partial charge in [-0.1, -0.05) is 18.2 Å². The second-order valence-electron chi connectivity index (χ2n) is 2.78. The van der Waals surface area contributed by atoms with Crippen molar-refractivity contribution < 1.29 is 0 Å².